The number of ether oxygens (including phenoxy) is 1. The minimum atomic E-state index is -4.70. The van der Waals surface area contributed by atoms with Gasteiger partial charge >= 0.3 is 6.18 Å². The summed E-state index contributed by atoms with van der Waals surface area (Å²) in [6.07, 6.45) is -4.08. The molecule has 1 aliphatic rings. The summed E-state index contributed by atoms with van der Waals surface area (Å²) < 4.78 is 47.6. The van der Waals surface area contributed by atoms with Gasteiger partial charge in [0.05, 0.1) is 12.3 Å². The lowest BCUT2D eigenvalue weighted by Gasteiger charge is -2.23. The molecular formula is C19H16ClF3N4O2. The van der Waals surface area contributed by atoms with Crippen LogP contribution in [0, 0.1) is 0 Å². The van der Waals surface area contributed by atoms with E-state index in [1.54, 1.807) is 12.1 Å². The minimum absolute atomic E-state index is 0.0502. The van der Waals surface area contributed by atoms with Crippen molar-refractivity contribution in [2.24, 2.45) is 0 Å². The third-order valence-corrected chi connectivity index (χ3v) is 5.15. The van der Waals surface area contributed by atoms with Crippen LogP contribution >= 0.6 is 11.6 Å². The molecule has 0 aliphatic heterocycles. The van der Waals surface area contributed by atoms with Crippen LogP contribution in [-0.4, -0.2) is 40.8 Å². The van der Waals surface area contributed by atoms with Gasteiger partial charge in [-0.3, -0.25) is 4.79 Å². The number of nitrogens with zero attached hydrogens (tertiary/aromatic N) is 3. The van der Waals surface area contributed by atoms with E-state index in [0.717, 1.165) is 5.56 Å². The first-order valence-corrected chi connectivity index (χ1v) is 9.24. The molecular weight excluding hydrogens is 409 g/mol. The Bertz CT molecular complexity index is 1110. The van der Waals surface area contributed by atoms with Crippen LogP contribution in [0.3, 0.4) is 0 Å². The lowest BCUT2D eigenvalue weighted by molar-refractivity contribution is -0.143. The van der Waals surface area contributed by atoms with Crippen molar-refractivity contribution in [2.45, 2.75) is 19.0 Å². The van der Waals surface area contributed by atoms with E-state index < -0.39 is 17.8 Å². The Labute approximate surface area is 168 Å². The van der Waals surface area contributed by atoms with E-state index in [9.17, 15) is 18.0 Å². The van der Waals surface area contributed by atoms with Crippen LogP contribution in [0.1, 0.15) is 27.3 Å². The maximum atomic E-state index is 14.0. The standard InChI is InChI=1S/C19H16ClF3N4O2/c1-29-9-8-24-18(28)15-13(20)17-25-14-11-5-3-2-4-10(11)6-7-12(14)16(19(21,22)23)27(17)26-15/h2-5H,6-9H2,1H3,(H,24,28). The van der Waals surface area contributed by atoms with Gasteiger partial charge in [-0.15, -0.1) is 0 Å². The molecule has 0 bridgehead atoms. The zero-order valence-electron chi connectivity index (χ0n) is 15.3. The first-order valence-electron chi connectivity index (χ1n) is 8.86. The van der Waals surface area contributed by atoms with Gasteiger partial charge in [-0.25, -0.2) is 9.50 Å². The maximum absolute atomic E-state index is 14.0. The molecule has 6 nitrogen and oxygen atoms in total. The highest BCUT2D eigenvalue weighted by Gasteiger charge is 2.41. The fourth-order valence-corrected chi connectivity index (χ4v) is 3.78. The monoisotopic (exact) mass is 424 g/mol. The average molecular weight is 425 g/mol. The van der Waals surface area contributed by atoms with E-state index >= 15 is 0 Å². The smallest absolute Gasteiger partial charge is 0.383 e. The number of rotatable bonds is 4. The SMILES string of the molecule is COCCNC(=O)c1nn2c(C(F)(F)F)c3c(nc2c1Cl)-c1ccccc1CC3. The van der Waals surface area contributed by atoms with Crippen molar-refractivity contribution < 1.29 is 22.7 Å². The number of hydrogen-bond acceptors (Lipinski definition) is 4. The van der Waals surface area contributed by atoms with Gasteiger partial charge in [0, 0.05) is 24.8 Å². The van der Waals surface area contributed by atoms with Crippen LogP contribution in [0.5, 0.6) is 0 Å². The number of hydrogen-bond donors (Lipinski definition) is 1. The summed E-state index contributed by atoms with van der Waals surface area (Å²) >= 11 is 6.25. The Kier molecular flexibility index (Phi) is 4.95. The van der Waals surface area contributed by atoms with Crippen molar-refractivity contribution in [3.8, 4) is 11.3 Å². The lowest BCUT2D eigenvalue weighted by atomic mass is 9.88. The maximum Gasteiger partial charge on any atom is 0.433 e. The van der Waals surface area contributed by atoms with Crippen molar-refractivity contribution >= 4 is 23.2 Å². The van der Waals surface area contributed by atoms with Gasteiger partial charge in [0.15, 0.2) is 17.0 Å². The highest BCUT2D eigenvalue weighted by molar-refractivity contribution is 6.36. The molecule has 1 amide bonds. The molecule has 152 valence electrons. The fourth-order valence-electron chi connectivity index (χ4n) is 3.53. The molecule has 0 saturated carbocycles. The highest BCUT2D eigenvalue weighted by Crippen LogP contribution is 2.41. The summed E-state index contributed by atoms with van der Waals surface area (Å²) in [6.45, 7) is 0.414. The predicted molar refractivity (Wildman–Crippen MR) is 100 cm³/mol. The van der Waals surface area contributed by atoms with Crippen LogP contribution in [-0.2, 0) is 23.8 Å². The third kappa shape index (κ3) is 3.34. The first kappa shape index (κ1) is 19.7. The number of aromatic nitrogens is 3. The topological polar surface area (TPSA) is 68.5 Å². The van der Waals surface area contributed by atoms with Crippen molar-refractivity contribution in [1.82, 2.24) is 19.9 Å². The zero-order valence-corrected chi connectivity index (χ0v) is 16.1. The van der Waals surface area contributed by atoms with Crippen molar-refractivity contribution in [1.29, 1.82) is 0 Å². The van der Waals surface area contributed by atoms with E-state index in [1.165, 1.54) is 7.11 Å². The number of carbonyl (C=O) groups is 1. The Morgan fingerprint density at radius 2 is 2.07 bits per heavy atom. The molecule has 1 aliphatic carbocycles. The molecule has 4 rings (SSSR count). The largest absolute Gasteiger partial charge is 0.433 e. The fraction of sp³-hybridized carbons (Fsp3) is 0.316. The molecule has 0 spiro atoms. The Hall–Kier alpha value is -2.65. The summed E-state index contributed by atoms with van der Waals surface area (Å²) in [7, 11) is 1.46. The van der Waals surface area contributed by atoms with E-state index in [2.05, 4.69) is 15.4 Å². The normalized spacial score (nSPS) is 13.3. The predicted octanol–water partition coefficient (Wildman–Crippen LogP) is 3.54. The number of fused-ring (bicyclic) bond motifs is 4. The second-order valence-electron chi connectivity index (χ2n) is 6.59. The molecule has 2 aromatic heterocycles. The van der Waals surface area contributed by atoms with Crippen molar-refractivity contribution in [3.63, 3.8) is 0 Å². The lowest BCUT2D eigenvalue weighted by Crippen LogP contribution is -2.27. The van der Waals surface area contributed by atoms with Crippen molar-refractivity contribution in [3.05, 3.63) is 51.8 Å². The summed E-state index contributed by atoms with van der Waals surface area (Å²) in [4.78, 5) is 16.7. The number of nitrogens with one attached hydrogen (secondary N) is 1. The summed E-state index contributed by atoms with van der Waals surface area (Å²) in [6, 6.07) is 7.19. The summed E-state index contributed by atoms with van der Waals surface area (Å²) in [5.74, 6) is -0.691. The highest BCUT2D eigenvalue weighted by atomic mass is 35.5. The minimum Gasteiger partial charge on any atom is -0.383 e. The summed E-state index contributed by atoms with van der Waals surface area (Å²) in [5.41, 5.74) is 0.352. The van der Waals surface area contributed by atoms with E-state index in [4.69, 9.17) is 16.3 Å². The van der Waals surface area contributed by atoms with Crippen molar-refractivity contribution in [2.75, 3.05) is 20.3 Å². The number of methoxy groups -OCH3 is 1. The number of amides is 1. The van der Waals surface area contributed by atoms with Crippen LogP contribution in [0.15, 0.2) is 24.3 Å². The van der Waals surface area contributed by atoms with Gasteiger partial charge in [-0.2, -0.15) is 18.3 Å². The number of carbonyl (C=O) groups excluding carboxylic acids is 1. The molecule has 3 aromatic rings. The molecule has 0 unspecified atom stereocenters. The summed E-state index contributed by atoms with van der Waals surface area (Å²) in [5, 5.41) is 6.16. The second kappa shape index (κ2) is 7.31. The molecule has 0 atom stereocenters. The number of aryl methyl sites for hydroxylation is 1. The molecule has 2 heterocycles. The van der Waals surface area contributed by atoms with E-state index in [-0.39, 0.29) is 47.2 Å². The molecule has 29 heavy (non-hydrogen) atoms. The van der Waals surface area contributed by atoms with Crippen LogP contribution < -0.4 is 5.32 Å². The Balaban J connectivity index is 1.95. The van der Waals surface area contributed by atoms with Gasteiger partial charge in [-0.1, -0.05) is 35.9 Å². The van der Waals surface area contributed by atoms with Gasteiger partial charge in [0.2, 0.25) is 0 Å². The van der Waals surface area contributed by atoms with Gasteiger partial charge in [0.1, 0.15) is 5.02 Å². The molecule has 0 radical (unpaired) electrons. The second-order valence-corrected chi connectivity index (χ2v) is 6.97. The van der Waals surface area contributed by atoms with E-state index in [0.29, 0.717) is 16.5 Å². The average Bonchev–Trinajstić information content (AvgIpc) is 3.01. The Morgan fingerprint density at radius 3 is 2.79 bits per heavy atom. The molecule has 0 saturated heterocycles. The number of alkyl halides is 3. The van der Waals surface area contributed by atoms with Crippen LogP contribution in [0.2, 0.25) is 5.02 Å². The van der Waals surface area contributed by atoms with Gasteiger partial charge in [0.25, 0.3) is 5.91 Å². The van der Waals surface area contributed by atoms with Gasteiger partial charge < -0.3 is 10.1 Å². The van der Waals surface area contributed by atoms with Crippen LogP contribution in [0.4, 0.5) is 13.2 Å². The quantitative estimate of drug-likeness (QED) is 0.650. The van der Waals surface area contributed by atoms with Gasteiger partial charge in [-0.05, 0) is 18.4 Å². The first-order chi connectivity index (χ1) is 13.8. The number of halogens is 4. The molecule has 1 aromatic carbocycles. The number of benzene rings is 1. The molecule has 1 N–H and O–H groups in total. The zero-order chi connectivity index (χ0) is 20.8. The van der Waals surface area contributed by atoms with Crippen LogP contribution in [0.25, 0.3) is 16.9 Å². The molecule has 0 fully saturated rings. The third-order valence-electron chi connectivity index (χ3n) is 4.80. The molecule has 10 heteroatoms. The van der Waals surface area contributed by atoms with E-state index in [1.807, 2.05) is 12.1 Å². The Morgan fingerprint density at radius 1 is 1.31 bits per heavy atom.